The quantitative estimate of drug-likeness (QED) is 0.861. The van der Waals surface area contributed by atoms with E-state index in [1.807, 2.05) is 6.92 Å². The number of hydrogen-bond acceptors (Lipinski definition) is 4. The summed E-state index contributed by atoms with van der Waals surface area (Å²) in [5, 5.41) is 11.7. The van der Waals surface area contributed by atoms with Crippen molar-refractivity contribution < 1.29 is 24.2 Å². The molecule has 114 valence electrons. The Labute approximate surface area is 123 Å². The molecule has 0 unspecified atom stereocenters. The highest BCUT2D eigenvalue weighted by molar-refractivity contribution is 5.96. The van der Waals surface area contributed by atoms with Gasteiger partial charge in [-0.3, -0.25) is 9.59 Å². The van der Waals surface area contributed by atoms with Gasteiger partial charge in [-0.05, 0) is 37.5 Å². The van der Waals surface area contributed by atoms with Gasteiger partial charge in [0.05, 0.1) is 20.1 Å². The molecule has 6 nitrogen and oxygen atoms in total. The number of carboxylic acids is 1. The number of aliphatic carboxylic acids is 1. The molecule has 1 amide bonds. The van der Waals surface area contributed by atoms with E-state index in [0.717, 1.165) is 5.56 Å². The summed E-state index contributed by atoms with van der Waals surface area (Å²) in [6.07, 6.45) is 0.959. The van der Waals surface area contributed by atoms with Crippen LogP contribution in [0.2, 0.25) is 0 Å². The Kier molecular flexibility index (Phi) is 4.35. The number of rotatable bonds is 5. The highest BCUT2D eigenvalue weighted by Crippen LogP contribution is 2.31. The minimum absolute atomic E-state index is 0.0777. The summed E-state index contributed by atoms with van der Waals surface area (Å²) in [7, 11) is 3.05. The monoisotopic (exact) mass is 293 g/mol. The van der Waals surface area contributed by atoms with Gasteiger partial charge in [0.25, 0.3) is 5.91 Å². The van der Waals surface area contributed by atoms with E-state index in [-0.39, 0.29) is 17.9 Å². The van der Waals surface area contributed by atoms with Crippen molar-refractivity contribution in [3.63, 3.8) is 0 Å². The van der Waals surface area contributed by atoms with Crippen molar-refractivity contribution in [1.29, 1.82) is 0 Å². The van der Waals surface area contributed by atoms with Crippen molar-refractivity contribution in [2.45, 2.75) is 25.8 Å². The lowest BCUT2D eigenvalue weighted by Gasteiger charge is -2.33. The molecule has 2 N–H and O–H groups in total. The standard InChI is InChI=1S/C15H19NO5/c1-8-4-12(20-2)13(21-3)7-11(8)14(17)16-10-5-9(6-10)15(18)19/h4,7,9-10H,5-6H2,1-3H3,(H,16,17)(H,18,19). The van der Waals surface area contributed by atoms with Gasteiger partial charge in [-0.15, -0.1) is 0 Å². The summed E-state index contributed by atoms with van der Waals surface area (Å²) in [6.45, 7) is 1.82. The molecule has 1 fully saturated rings. The number of carbonyl (C=O) groups excluding carboxylic acids is 1. The summed E-state index contributed by atoms with van der Waals surface area (Å²) in [4.78, 5) is 23.0. The molecule has 0 bridgehead atoms. The molecule has 0 aromatic heterocycles. The number of carbonyl (C=O) groups is 2. The average molecular weight is 293 g/mol. The Morgan fingerprint density at radius 3 is 2.29 bits per heavy atom. The first kappa shape index (κ1) is 15.2. The number of benzene rings is 1. The Morgan fingerprint density at radius 1 is 1.19 bits per heavy atom. The van der Waals surface area contributed by atoms with Crippen molar-refractivity contribution in [2.24, 2.45) is 5.92 Å². The van der Waals surface area contributed by atoms with Crippen LogP contribution in [0.3, 0.4) is 0 Å². The molecule has 0 radical (unpaired) electrons. The first-order chi connectivity index (χ1) is 9.96. The molecular formula is C15H19NO5. The van der Waals surface area contributed by atoms with Crippen LogP contribution in [0, 0.1) is 12.8 Å². The van der Waals surface area contributed by atoms with Crippen LogP contribution in [-0.2, 0) is 4.79 Å². The summed E-state index contributed by atoms with van der Waals surface area (Å²) in [6, 6.07) is 3.30. The lowest BCUT2D eigenvalue weighted by molar-refractivity contribution is -0.145. The lowest BCUT2D eigenvalue weighted by Crippen LogP contribution is -2.46. The lowest BCUT2D eigenvalue weighted by atomic mass is 9.80. The number of ether oxygens (including phenoxy) is 2. The molecule has 1 aromatic rings. The summed E-state index contributed by atoms with van der Waals surface area (Å²) >= 11 is 0. The molecule has 1 saturated carbocycles. The van der Waals surface area contributed by atoms with Gasteiger partial charge in [0.1, 0.15) is 0 Å². The van der Waals surface area contributed by atoms with Crippen LogP contribution in [0.1, 0.15) is 28.8 Å². The maximum Gasteiger partial charge on any atom is 0.306 e. The second-order valence-corrected chi connectivity index (χ2v) is 5.20. The van der Waals surface area contributed by atoms with Gasteiger partial charge in [-0.1, -0.05) is 0 Å². The van der Waals surface area contributed by atoms with Crippen molar-refractivity contribution in [3.05, 3.63) is 23.3 Å². The van der Waals surface area contributed by atoms with Gasteiger partial charge in [0.2, 0.25) is 0 Å². The van der Waals surface area contributed by atoms with E-state index in [4.69, 9.17) is 14.6 Å². The predicted molar refractivity (Wildman–Crippen MR) is 75.9 cm³/mol. The summed E-state index contributed by atoms with van der Waals surface area (Å²) in [5.41, 5.74) is 1.28. The first-order valence-corrected chi connectivity index (χ1v) is 6.72. The molecular weight excluding hydrogens is 274 g/mol. The fraction of sp³-hybridized carbons (Fsp3) is 0.467. The molecule has 0 heterocycles. The zero-order valence-corrected chi connectivity index (χ0v) is 12.3. The van der Waals surface area contributed by atoms with Crippen molar-refractivity contribution >= 4 is 11.9 Å². The Hall–Kier alpha value is -2.24. The number of amides is 1. The number of aryl methyl sites for hydroxylation is 1. The number of carboxylic acid groups (broad SMARTS) is 1. The molecule has 21 heavy (non-hydrogen) atoms. The largest absolute Gasteiger partial charge is 0.493 e. The molecule has 0 saturated heterocycles. The molecule has 1 aliphatic rings. The number of hydrogen-bond donors (Lipinski definition) is 2. The fourth-order valence-electron chi connectivity index (χ4n) is 2.43. The van der Waals surface area contributed by atoms with Crippen LogP contribution < -0.4 is 14.8 Å². The van der Waals surface area contributed by atoms with Gasteiger partial charge in [0.15, 0.2) is 11.5 Å². The van der Waals surface area contributed by atoms with Crippen LogP contribution in [0.15, 0.2) is 12.1 Å². The SMILES string of the molecule is COc1cc(C)c(C(=O)NC2CC(C(=O)O)C2)cc1OC. The van der Waals surface area contributed by atoms with E-state index in [9.17, 15) is 9.59 Å². The van der Waals surface area contributed by atoms with Crippen LogP contribution in [0.5, 0.6) is 11.5 Å². The van der Waals surface area contributed by atoms with Gasteiger partial charge >= 0.3 is 5.97 Å². The number of nitrogens with one attached hydrogen (secondary N) is 1. The van der Waals surface area contributed by atoms with Crippen molar-refractivity contribution in [2.75, 3.05) is 14.2 Å². The zero-order valence-electron chi connectivity index (χ0n) is 12.3. The molecule has 6 heteroatoms. The van der Waals surface area contributed by atoms with Gasteiger partial charge in [0, 0.05) is 11.6 Å². The fourth-order valence-corrected chi connectivity index (χ4v) is 2.43. The third-order valence-corrected chi connectivity index (χ3v) is 3.80. The van der Waals surface area contributed by atoms with Crippen LogP contribution in [0.25, 0.3) is 0 Å². The van der Waals surface area contributed by atoms with E-state index in [1.54, 1.807) is 12.1 Å². The second kappa shape index (κ2) is 6.03. The predicted octanol–water partition coefficient (Wildman–Crippen LogP) is 1.61. The van der Waals surface area contributed by atoms with E-state index in [1.165, 1.54) is 14.2 Å². The van der Waals surface area contributed by atoms with Crippen molar-refractivity contribution in [1.82, 2.24) is 5.32 Å². The molecule has 0 aliphatic heterocycles. The van der Waals surface area contributed by atoms with E-state index in [2.05, 4.69) is 5.32 Å². The minimum Gasteiger partial charge on any atom is -0.493 e. The normalized spacial score (nSPS) is 20.3. The minimum atomic E-state index is -0.803. The molecule has 1 aliphatic carbocycles. The van der Waals surface area contributed by atoms with Crippen LogP contribution in [-0.4, -0.2) is 37.2 Å². The van der Waals surface area contributed by atoms with E-state index >= 15 is 0 Å². The smallest absolute Gasteiger partial charge is 0.306 e. The van der Waals surface area contributed by atoms with Gasteiger partial charge in [-0.25, -0.2) is 0 Å². The molecule has 0 atom stereocenters. The van der Waals surface area contributed by atoms with Crippen LogP contribution >= 0.6 is 0 Å². The zero-order chi connectivity index (χ0) is 15.6. The summed E-state index contributed by atoms with van der Waals surface area (Å²) in [5.74, 6) is -0.307. The third kappa shape index (κ3) is 3.09. The first-order valence-electron chi connectivity index (χ1n) is 6.72. The third-order valence-electron chi connectivity index (χ3n) is 3.80. The van der Waals surface area contributed by atoms with E-state index < -0.39 is 5.97 Å². The maximum atomic E-state index is 12.3. The number of methoxy groups -OCH3 is 2. The highest BCUT2D eigenvalue weighted by atomic mass is 16.5. The maximum absolute atomic E-state index is 12.3. The molecule has 2 rings (SSSR count). The average Bonchev–Trinajstić information content (AvgIpc) is 2.41. The summed E-state index contributed by atoms with van der Waals surface area (Å²) < 4.78 is 10.4. The molecule has 0 spiro atoms. The molecule has 1 aromatic carbocycles. The van der Waals surface area contributed by atoms with Gasteiger partial charge in [-0.2, -0.15) is 0 Å². The van der Waals surface area contributed by atoms with E-state index in [0.29, 0.717) is 29.9 Å². The highest BCUT2D eigenvalue weighted by Gasteiger charge is 2.35. The van der Waals surface area contributed by atoms with Crippen molar-refractivity contribution in [3.8, 4) is 11.5 Å². The Bertz CT molecular complexity index is 563. The van der Waals surface area contributed by atoms with Gasteiger partial charge < -0.3 is 19.9 Å². The topological polar surface area (TPSA) is 84.9 Å². The Balaban J connectivity index is 2.08. The second-order valence-electron chi connectivity index (χ2n) is 5.20. The van der Waals surface area contributed by atoms with Crippen LogP contribution in [0.4, 0.5) is 0 Å². The Morgan fingerprint density at radius 2 is 1.76 bits per heavy atom.